The van der Waals surface area contributed by atoms with Crippen LogP contribution < -0.4 is 0 Å². The molecule has 0 radical (unpaired) electrons. The Labute approximate surface area is 257 Å². The van der Waals surface area contributed by atoms with Gasteiger partial charge in [-0.25, -0.2) is 0 Å². The number of ether oxygens (including phenoxy) is 6. The van der Waals surface area contributed by atoms with E-state index in [1.807, 2.05) is 0 Å². The topological polar surface area (TPSA) is 141 Å². The third-order valence-corrected chi connectivity index (χ3v) is 5.69. The van der Waals surface area contributed by atoms with E-state index in [1.54, 1.807) is 0 Å². The summed E-state index contributed by atoms with van der Waals surface area (Å²) in [5.74, 6) is -4.64. The minimum Gasteiger partial charge on any atom is -0.462 e. The van der Waals surface area contributed by atoms with Gasteiger partial charge in [-0.2, -0.15) is 0 Å². The fourth-order valence-electron chi connectivity index (χ4n) is 2.98. The summed E-state index contributed by atoms with van der Waals surface area (Å²) in [7, 11) is 0. The maximum Gasteiger partial charge on any atom is 0.313 e. The number of hydrogen-bond acceptors (Lipinski definition) is 11. The van der Waals surface area contributed by atoms with Crippen LogP contribution in [-0.4, -0.2) is 67.2 Å². The molecule has 5 atom stereocenters. The smallest absolute Gasteiger partial charge is 0.313 e. The van der Waals surface area contributed by atoms with Crippen molar-refractivity contribution in [2.45, 2.75) is 134 Å². The van der Waals surface area contributed by atoms with Gasteiger partial charge in [0.25, 0.3) is 0 Å². The zero-order chi connectivity index (χ0) is 36.8. The van der Waals surface area contributed by atoms with Gasteiger partial charge in [0.05, 0.1) is 27.1 Å². The molecule has 1 heterocycles. The van der Waals surface area contributed by atoms with Crippen LogP contribution in [0.15, 0.2) is 0 Å². The minimum absolute atomic E-state index is 0.331. The molecule has 0 aromatic heterocycles. The Bertz CT molecular complexity index is 1140. The van der Waals surface area contributed by atoms with Gasteiger partial charge in [-0.15, -0.1) is 0 Å². The highest BCUT2D eigenvalue weighted by molar-refractivity contribution is 5.78. The second-order valence-electron chi connectivity index (χ2n) is 14.1. The van der Waals surface area contributed by atoms with E-state index >= 15 is 0 Å². The summed E-state index contributed by atoms with van der Waals surface area (Å²) in [5.41, 5.74) is -6.83. The van der Waals surface area contributed by atoms with E-state index in [2.05, 4.69) is 0 Å². The van der Waals surface area contributed by atoms with Gasteiger partial charge in [0, 0.05) is 6.85 Å². The molecule has 0 N–H and O–H groups in total. The SMILES string of the molecule is [2H]CC(C)(C)C(=O)OC[C@H]1OC(OC(=O)C(C)(C)C[2H])[C@H](OC(=O)C(C)(C)C[2H])[C@@H](OC(=O)C(C)(C)C[2H])[C@@H]1OC(=O)C(C)(C)C[2H]. The Kier molecular flexibility index (Phi) is 9.02. The summed E-state index contributed by atoms with van der Waals surface area (Å²) in [6.07, 6.45) is -8.64. The number of esters is 5. The van der Waals surface area contributed by atoms with E-state index in [0.29, 0.717) is 0 Å². The van der Waals surface area contributed by atoms with Crippen LogP contribution in [0, 0.1) is 27.1 Å². The molecule has 1 unspecified atom stereocenters. The summed E-state index contributed by atoms with van der Waals surface area (Å²) >= 11 is 0. The highest BCUT2D eigenvalue weighted by Crippen LogP contribution is 2.35. The fraction of sp³-hybridized carbons (Fsp3) is 0.839. The van der Waals surface area contributed by atoms with E-state index < -0.39 is 122 Å². The van der Waals surface area contributed by atoms with Gasteiger partial charge in [0.2, 0.25) is 12.4 Å². The average Bonchev–Trinajstić information content (AvgIpc) is 3.01. The first kappa shape index (κ1) is 29.4. The molecule has 0 bridgehead atoms. The van der Waals surface area contributed by atoms with E-state index in [0.717, 1.165) is 0 Å². The Morgan fingerprint density at radius 3 is 1.26 bits per heavy atom. The lowest BCUT2D eigenvalue weighted by atomic mass is 9.92. The lowest BCUT2D eigenvalue weighted by Gasteiger charge is -2.45. The second kappa shape index (κ2) is 12.9. The largest absolute Gasteiger partial charge is 0.462 e. The molecule has 1 aliphatic heterocycles. The van der Waals surface area contributed by atoms with Gasteiger partial charge in [-0.1, -0.05) is 0 Å². The molecule has 42 heavy (non-hydrogen) atoms. The van der Waals surface area contributed by atoms with Crippen LogP contribution in [-0.2, 0) is 52.4 Å². The van der Waals surface area contributed by atoms with E-state index in [9.17, 15) is 24.0 Å². The van der Waals surface area contributed by atoms with Gasteiger partial charge < -0.3 is 28.4 Å². The lowest BCUT2D eigenvalue weighted by molar-refractivity contribution is -0.306. The van der Waals surface area contributed by atoms with Crippen LogP contribution in [0.2, 0.25) is 0 Å². The minimum atomic E-state index is -1.86. The third-order valence-electron chi connectivity index (χ3n) is 5.69. The summed E-state index contributed by atoms with van der Waals surface area (Å²) in [6, 6.07) is 0. The predicted molar refractivity (Wildman–Crippen MR) is 153 cm³/mol. The van der Waals surface area contributed by atoms with E-state index in [-0.39, 0.29) is 6.90 Å². The number of hydrogen-bond donors (Lipinski definition) is 0. The van der Waals surface area contributed by atoms with Crippen molar-refractivity contribution in [2.24, 2.45) is 27.1 Å². The van der Waals surface area contributed by atoms with Gasteiger partial charge in [-0.3, -0.25) is 24.0 Å². The summed E-state index contributed by atoms with van der Waals surface area (Å²) in [4.78, 5) is 66.2. The zero-order valence-corrected chi connectivity index (χ0v) is 26.6. The maximum absolute atomic E-state index is 13.4. The van der Waals surface area contributed by atoms with Crippen molar-refractivity contribution in [3.05, 3.63) is 0 Å². The van der Waals surface area contributed by atoms with Crippen molar-refractivity contribution < 1.29 is 59.2 Å². The molecule has 0 spiro atoms. The molecule has 1 aliphatic rings. The highest BCUT2D eigenvalue weighted by atomic mass is 16.7. The van der Waals surface area contributed by atoms with Gasteiger partial charge >= 0.3 is 29.8 Å². The molecule has 0 aliphatic carbocycles. The van der Waals surface area contributed by atoms with Crippen LogP contribution in [0.4, 0.5) is 0 Å². The predicted octanol–water partition coefficient (Wildman–Crippen LogP) is 4.76. The third kappa shape index (κ3) is 10.5. The molecular weight excluding hydrogens is 548 g/mol. The summed E-state index contributed by atoms with van der Waals surface area (Å²) in [5, 5.41) is 0. The van der Waals surface area contributed by atoms with E-state index in [4.69, 9.17) is 35.3 Å². The molecule has 1 rings (SSSR count). The van der Waals surface area contributed by atoms with Crippen LogP contribution in [0.25, 0.3) is 0 Å². The molecule has 11 nitrogen and oxygen atoms in total. The molecule has 1 fully saturated rings. The first-order valence-electron chi connectivity index (χ1n) is 17.0. The van der Waals surface area contributed by atoms with Crippen molar-refractivity contribution in [2.75, 3.05) is 6.61 Å². The normalized spacial score (nSPS) is 25.4. The molecule has 1 saturated heterocycles. The number of rotatable bonds is 6. The molecule has 0 aromatic rings. The highest BCUT2D eigenvalue weighted by Gasteiger charge is 2.56. The Morgan fingerprint density at radius 2 is 0.857 bits per heavy atom. The standard InChI is InChI=1S/C31H52O11/c1-27(2,3)22(32)37-16-17-18(39-23(33)28(4,5)6)19(40-24(34)29(7,8)9)20(41-25(35)30(10,11)12)21(38-17)42-26(36)31(13,14)15/h17-21H,16H2,1-15H3/t17-,18-,19+,20-,21?/m1/s1/i1D,4D,7D,10D,13D. The van der Waals surface area contributed by atoms with Gasteiger partial charge in [-0.05, 0) is 104 Å². The molecule has 0 aromatic carbocycles. The first-order chi connectivity index (χ1) is 21.4. The van der Waals surface area contributed by atoms with Gasteiger partial charge in [0.15, 0.2) is 12.2 Å². The van der Waals surface area contributed by atoms with Crippen LogP contribution in [0.1, 0.15) is 111 Å². The van der Waals surface area contributed by atoms with Crippen molar-refractivity contribution in [3.8, 4) is 0 Å². The van der Waals surface area contributed by atoms with Gasteiger partial charge in [0.1, 0.15) is 12.7 Å². The summed E-state index contributed by atoms with van der Waals surface area (Å²) < 4.78 is 73.4. The lowest BCUT2D eigenvalue weighted by Crippen LogP contribution is -2.64. The monoisotopic (exact) mass is 605 g/mol. The Balaban J connectivity index is 3.96. The maximum atomic E-state index is 13.4. The van der Waals surface area contributed by atoms with Crippen LogP contribution in [0.5, 0.6) is 0 Å². The number of carbonyl (C=O) groups is 5. The first-order valence-corrected chi connectivity index (χ1v) is 13.5. The van der Waals surface area contributed by atoms with Crippen molar-refractivity contribution >= 4 is 29.8 Å². The molecule has 0 saturated carbocycles. The van der Waals surface area contributed by atoms with Crippen molar-refractivity contribution in [3.63, 3.8) is 0 Å². The van der Waals surface area contributed by atoms with Crippen LogP contribution >= 0.6 is 0 Å². The van der Waals surface area contributed by atoms with Crippen molar-refractivity contribution in [1.29, 1.82) is 0 Å². The molecule has 242 valence electrons. The number of carbonyl (C=O) groups excluding carboxylic acids is 5. The van der Waals surface area contributed by atoms with E-state index in [1.165, 1.54) is 69.2 Å². The fourth-order valence-corrected chi connectivity index (χ4v) is 2.98. The Hall–Kier alpha value is -2.69. The average molecular weight is 606 g/mol. The Morgan fingerprint density at radius 1 is 0.524 bits per heavy atom. The quantitative estimate of drug-likeness (QED) is 0.305. The van der Waals surface area contributed by atoms with Crippen molar-refractivity contribution in [1.82, 2.24) is 0 Å². The second-order valence-corrected chi connectivity index (χ2v) is 14.1. The molecular formula is C31H52O11. The zero-order valence-electron chi connectivity index (χ0n) is 31.6. The molecule has 0 amide bonds. The van der Waals surface area contributed by atoms with Crippen LogP contribution in [0.3, 0.4) is 0 Å². The molecule has 11 heteroatoms. The summed E-state index contributed by atoms with van der Waals surface area (Å²) in [6.45, 7) is 11.7.